The van der Waals surface area contributed by atoms with Gasteiger partial charge in [0.2, 0.25) is 11.2 Å². The molecule has 1 heterocycles. The first-order valence-electron chi connectivity index (χ1n) is 5.01. The number of aromatic nitrogens is 3. The van der Waals surface area contributed by atoms with Crippen LogP contribution in [0, 0.1) is 6.92 Å². The molecule has 0 spiro atoms. The van der Waals surface area contributed by atoms with Crippen molar-refractivity contribution in [2.24, 2.45) is 0 Å². The molecule has 1 aromatic carbocycles. The van der Waals surface area contributed by atoms with Crippen LogP contribution in [0.1, 0.15) is 5.56 Å². The van der Waals surface area contributed by atoms with E-state index in [1.807, 2.05) is 31.2 Å². The summed E-state index contributed by atoms with van der Waals surface area (Å²) in [6, 6.07) is 7.73. The first-order chi connectivity index (χ1) is 8.17. The first-order valence-corrected chi connectivity index (χ1v) is 5.39. The monoisotopic (exact) mass is 250 g/mol. The van der Waals surface area contributed by atoms with Crippen LogP contribution in [0.5, 0.6) is 11.8 Å². The van der Waals surface area contributed by atoms with Crippen molar-refractivity contribution in [3.63, 3.8) is 0 Å². The van der Waals surface area contributed by atoms with Gasteiger partial charge in [-0.05, 0) is 30.7 Å². The molecule has 0 radical (unpaired) electrons. The second kappa shape index (κ2) is 4.97. The van der Waals surface area contributed by atoms with Crippen molar-refractivity contribution in [2.45, 2.75) is 6.92 Å². The first kappa shape index (κ1) is 11.6. The van der Waals surface area contributed by atoms with Crippen molar-refractivity contribution >= 4 is 17.5 Å². The number of hydrogen-bond acceptors (Lipinski definition) is 5. The normalized spacial score (nSPS) is 10.1. The molecule has 0 unspecified atom stereocenters. The summed E-state index contributed by atoms with van der Waals surface area (Å²) < 4.78 is 5.47. The highest BCUT2D eigenvalue weighted by Gasteiger charge is 2.05. The molecule has 0 aliphatic carbocycles. The van der Waals surface area contributed by atoms with Crippen molar-refractivity contribution in [3.05, 3.63) is 35.1 Å². The molecule has 0 saturated carbocycles. The lowest BCUT2D eigenvalue weighted by Crippen LogP contribution is -2.01. The number of nitrogens with zero attached hydrogens (tertiary/aromatic N) is 3. The molecule has 17 heavy (non-hydrogen) atoms. The number of ether oxygens (including phenoxy) is 1. The fourth-order valence-corrected chi connectivity index (χ4v) is 1.35. The molecule has 1 N–H and O–H groups in total. The van der Waals surface area contributed by atoms with Gasteiger partial charge in [0.15, 0.2) is 0 Å². The Hall–Kier alpha value is -1.88. The lowest BCUT2D eigenvalue weighted by molar-refractivity contribution is 0.440. The van der Waals surface area contributed by atoms with E-state index in [1.165, 1.54) is 0 Å². The molecule has 6 heteroatoms. The van der Waals surface area contributed by atoms with Crippen molar-refractivity contribution in [2.75, 3.05) is 12.4 Å². The van der Waals surface area contributed by atoms with Crippen LogP contribution >= 0.6 is 11.6 Å². The Morgan fingerprint density at radius 1 is 1.12 bits per heavy atom. The van der Waals surface area contributed by atoms with Gasteiger partial charge in [0.1, 0.15) is 5.75 Å². The smallest absolute Gasteiger partial charge is 0.328 e. The number of rotatable bonds is 3. The van der Waals surface area contributed by atoms with E-state index in [-0.39, 0.29) is 11.3 Å². The molecular weight excluding hydrogens is 240 g/mol. The molecule has 2 rings (SSSR count). The minimum Gasteiger partial charge on any atom is -0.424 e. The van der Waals surface area contributed by atoms with Crippen LogP contribution in [0.4, 0.5) is 5.95 Å². The summed E-state index contributed by atoms with van der Waals surface area (Å²) in [6.45, 7) is 2.00. The molecule has 0 atom stereocenters. The average molecular weight is 251 g/mol. The lowest BCUT2D eigenvalue weighted by atomic mass is 10.2. The lowest BCUT2D eigenvalue weighted by Gasteiger charge is -2.05. The largest absolute Gasteiger partial charge is 0.424 e. The van der Waals surface area contributed by atoms with Crippen LogP contribution in [0.2, 0.25) is 5.28 Å². The minimum atomic E-state index is 0.0893. The molecule has 0 aliphatic heterocycles. The van der Waals surface area contributed by atoms with E-state index in [4.69, 9.17) is 16.3 Å². The highest BCUT2D eigenvalue weighted by molar-refractivity contribution is 6.28. The molecule has 0 aliphatic rings. The summed E-state index contributed by atoms with van der Waals surface area (Å²) in [7, 11) is 1.70. The van der Waals surface area contributed by atoms with Gasteiger partial charge in [-0.15, -0.1) is 0 Å². The zero-order valence-corrected chi connectivity index (χ0v) is 10.2. The topological polar surface area (TPSA) is 59.9 Å². The summed E-state index contributed by atoms with van der Waals surface area (Å²) in [5, 5.41) is 2.87. The predicted octanol–water partition coefficient (Wildman–Crippen LogP) is 2.67. The molecule has 0 bridgehead atoms. The van der Waals surface area contributed by atoms with Crippen molar-refractivity contribution in [3.8, 4) is 11.8 Å². The Balaban J connectivity index is 2.23. The summed E-state index contributed by atoms with van der Waals surface area (Å²) in [6.07, 6.45) is 0. The van der Waals surface area contributed by atoms with Crippen LogP contribution in [-0.4, -0.2) is 22.0 Å². The van der Waals surface area contributed by atoms with Gasteiger partial charge in [0.05, 0.1) is 0 Å². The summed E-state index contributed by atoms with van der Waals surface area (Å²) in [5.74, 6) is 1.02. The standard InChI is InChI=1S/C11H11ClN4O/c1-7-3-5-8(6-4-7)17-11-15-9(12)14-10(13-2)16-11/h3-6H,1-2H3,(H,13,14,15,16). The van der Waals surface area contributed by atoms with Gasteiger partial charge < -0.3 is 10.1 Å². The molecular formula is C11H11ClN4O. The summed E-state index contributed by atoms with van der Waals surface area (Å²) >= 11 is 5.74. The molecule has 88 valence electrons. The Morgan fingerprint density at radius 3 is 2.47 bits per heavy atom. The van der Waals surface area contributed by atoms with Gasteiger partial charge >= 0.3 is 6.01 Å². The summed E-state index contributed by atoms with van der Waals surface area (Å²) in [5.41, 5.74) is 1.15. The fourth-order valence-electron chi connectivity index (χ4n) is 1.20. The third-order valence-electron chi connectivity index (χ3n) is 2.04. The Morgan fingerprint density at radius 2 is 1.82 bits per heavy atom. The van der Waals surface area contributed by atoms with Crippen molar-refractivity contribution in [1.29, 1.82) is 0 Å². The van der Waals surface area contributed by atoms with E-state index in [9.17, 15) is 0 Å². The maximum Gasteiger partial charge on any atom is 0.328 e. The Labute approximate surface area is 104 Å². The van der Waals surface area contributed by atoms with Gasteiger partial charge in [-0.25, -0.2) is 0 Å². The zero-order valence-electron chi connectivity index (χ0n) is 9.44. The third-order valence-corrected chi connectivity index (χ3v) is 2.21. The molecule has 0 amide bonds. The molecule has 2 aromatic rings. The fraction of sp³-hybridized carbons (Fsp3) is 0.182. The minimum absolute atomic E-state index is 0.0893. The van der Waals surface area contributed by atoms with Crippen LogP contribution in [0.3, 0.4) is 0 Å². The SMILES string of the molecule is CNc1nc(Cl)nc(Oc2ccc(C)cc2)n1. The molecule has 5 nitrogen and oxygen atoms in total. The van der Waals surface area contributed by atoms with Crippen LogP contribution in [0.25, 0.3) is 0 Å². The zero-order chi connectivity index (χ0) is 12.3. The average Bonchev–Trinajstić information content (AvgIpc) is 2.31. The Bertz CT molecular complexity index is 515. The molecule has 0 fully saturated rings. The van der Waals surface area contributed by atoms with Crippen LogP contribution in [-0.2, 0) is 0 Å². The van der Waals surface area contributed by atoms with E-state index in [2.05, 4.69) is 20.3 Å². The van der Waals surface area contributed by atoms with Gasteiger partial charge in [0.25, 0.3) is 0 Å². The van der Waals surface area contributed by atoms with Crippen molar-refractivity contribution in [1.82, 2.24) is 15.0 Å². The predicted molar refractivity (Wildman–Crippen MR) is 65.6 cm³/mol. The number of nitrogens with one attached hydrogen (secondary N) is 1. The Kier molecular flexibility index (Phi) is 3.39. The van der Waals surface area contributed by atoms with Gasteiger partial charge in [-0.1, -0.05) is 17.7 Å². The highest BCUT2D eigenvalue weighted by atomic mass is 35.5. The number of aryl methyl sites for hydroxylation is 1. The van der Waals surface area contributed by atoms with Gasteiger partial charge in [-0.2, -0.15) is 15.0 Å². The number of hydrogen-bond donors (Lipinski definition) is 1. The second-order valence-electron chi connectivity index (χ2n) is 3.38. The molecule has 1 aromatic heterocycles. The van der Waals surface area contributed by atoms with E-state index >= 15 is 0 Å². The number of halogens is 1. The quantitative estimate of drug-likeness (QED) is 0.908. The highest BCUT2D eigenvalue weighted by Crippen LogP contribution is 2.19. The van der Waals surface area contributed by atoms with Crippen LogP contribution in [0.15, 0.2) is 24.3 Å². The molecule has 0 saturated heterocycles. The maximum absolute atomic E-state index is 5.74. The third kappa shape index (κ3) is 3.04. The van der Waals surface area contributed by atoms with E-state index < -0.39 is 0 Å². The van der Waals surface area contributed by atoms with Crippen molar-refractivity contribution < 1.29 is 4.74 Å². The van der Waals surface area contributed by atoms with Crippen LogP contribution < -0.4 is 10.1 Å². The van der Waals surface area contributed by atoms with Gasteiger partial charge in [0, 0.05) is 7.05 Å². The van der Waals surface area contributed by atoms with E-state index in [0.29, 0.717) is 11.7 Å². The number of benzene rings is 1. The second-order valence-corrected chi connectivity index (χ2v) is 3.71. The number of anilines is 1. The van der Waals surface area contributed by atoms with E-state index in [0.717, 1.165) is 5.56 Å². The summed E-state index contributed by atoms with van der Waals surface area (Å²) in [4.78, 5) is 11.8. The maximum atomic E-state index is 5.74. The van der Waals surface area contributed by atoms with Gasteiger partial charge in [-0.3, -0.25) is 0 Å². The van der Waals surface area contributed by atoms with E-state index in [1.54, 1.807) is 7.05 Å².